The van der Waals surface area contributed by atoms with Crippen molar-refractivity contribution >= 4 is 11.8 Å². The van der Waals surface area contributed by atoms with E-state index in [0.29, 0.717) is 6.54 Å². The average molecular weight is 229 g/mol. The van der Waals surface area contributed by atoms with Crippen LogP contribution in [0.5, 0.6) is 0 Å². The first kappa shape index (κ1) is 14.9. The molecule has 0 fully saturated rings. The van der Waals surface area contributed by atoms with Crippen LogP contribution in [-0.4, -0.2) is 35.8 Å². The molecule has 0 saturated carbocycles. The third-order valence-corrected chi connectivity index (χ3v) is 2.44. The summed E-state index contributed by atoms with van der Waals surface area (Å²) in [6, 6.07) is -0.559. The number of primary amides is 1. The van der Waals surface area contributed by atoms with E-state index in [-0.39, 0.29) is 18.4 Å². The molecule has 0 aliphatic heterocycles. The first-order valence-corrected chi connectivity index (χ1v) is 5.72. The molecule has 94 valence electrons. The minimum absolute atomic E-state index is 0.0424. The molecule has 0 spiro atoms. The van der Waals surface area contributed by atoms with E-state index in [0.717, 1.165) is 12.8 Å². The third-order valence-electron chi connectivity index (χ3n) is 2.44. The Bertz CT molecular complexity index is 241. The number of carbonyl (C=O) groups is 2. The van der Waals surface area contributed by atoms with Gasteiger partial charge in [0.2, 0.25) is 11.8 Å². The van der Waals surface area contributed by atoms with Crippen LogP contribution in [0.25, 0.3) is 0 Å². The molecule has 0 aromatic carbocycles. The summed E-state index contributed by atoms with van der Waals surface area (Å²) >= 11 is 0. The summed E-state index contributed by atoms with van der Waals surface area (Å²) in [6.07, 6.45) is 1.81. The highest BCUT2D eigenvalue weighted by Gasteiger charge is 2.24. The first-order chi connectivity index (χ1) is 7.40. The van der Waals surface area contributed by atoms with Crippen LogP contribution in [0.15, 0.2) is 0 Å². The average Bonchev–Trinajstić information content (AvgIpc) is 2.21. The van der Waals surface area contributed by atoms with E-state index in [1.165, 1.54) is 4.90 Å². The van der Waals surface area contributed by atoms with Crippen molar-refractivity contribution in [3.8, 4) is 0 Å². The fraction of sp³-hybridized carbons (Fsp3) is 0.818. The van der Waals surface area contributed by atoms with E-state index in [1.807, 2.05) is 20.8 Å². The van der Waals surface area contributed by atoms with Gasteiger partial charge in [-0.15, -0.1) is 0 Å². The Morgan fingerprint density at radius 1 is 1.31 bits per heavy atom. The maximum atomic E-state index is 11.9. The van der Waals surface area contributed by atoms with Gasteiger partial charge >= 0.3 is 0 Å². The quantitative estimate of drug-likeness (QED) is 0.648. The summed E-state index contributed by atoms with van der Waals surface area (Å²) < 4.78 is 0. The number of unbranched alkanes of at least 4 members (excludes halogenated alkanes) is 1. The second-order valence-corrected chi connectivity index (χ2v) is 4.35. The standard InChI is InChI=1S/C11H23N3O2/c1-4-5-6-14(7-9(12)15)11(16)10(13)8(2)3/h8,10H,4-7,13H2,1-3H3,(H2,12,15)/t10-/m0/s1. The SMILES string of the molecule is CCCCN(CC(N)=O)C(=O)[C@@H](N)C(C)C. The van der Waals surface area contributed by atoms with E-state index in [9.17, 15) is 9.59 Å². The second kappa shape index (κ2) is 7.22. The monoisotopic (exact) mass is 229 g/mol. The summed E-state index contributed by atoms with van der Waals surface area (Å²) in [5, 5.41) is 0. The molecule has 0 heterocycles. The van der Waals surface area contributed by atoms with E-state index in [4.69, 9.17) is 11.5 Å². The van der Waals surface area contributed by atoms with E-state index in [2.05, 4.69) is 0 Å². The van der Waals surface area contributed by atoms with Crippen molar-refractivity contribution in [3.63, 3.8) is 0 Å². The lowest BCUT2D eigenvalue weighted by molar-refractivity contribution is -0.137. The summed E-state index contributed by atoms with van der Waals surface area (Å²) in [7, 11) is 0. The molecule has 2 amide bonds. The zero-order chi connectivity index (χ0) is 12.7. The molecule has 4 N–H and O–H groups in total. The third kappa shape index (κ3) is 5.11. The predicted molar refractivity (Wildman–Crippen MR) is 63.5 cm³/mol. The Morgan fingerprint density at radius 3 is 2.25 bits per heavy atom. The van der Waals surface area contributed by atoms with Gasteiger partial charge in [0.25, 0.3) is 0 Å². The van der Waals surface area contributed by atoms with Gasteiger partial charge in [-0.2, -0.15) is 0 Å². The molecular weight excluding hydrogens is 206 g/mol. The number of carbonyl (C=O) groups excluding carboxylic acids is 2. The molecule has 1 atom stereocenters. The summed E-state index contributed by atoms with van der Waals surface area (Å²) in [5.74, 6) is -0.632. The Morgan fingerprint density at radius 2 is 1.88 bits per heavy atom. The van der Waals surface area contributed by atoms with Gasteiger partial charge in [-0.3, -0.25) is 9.59 Å². The fourth-order valence-electron chi connectivity index (χ4n) is 1.30. The normalized spacial score (nSPS) is 12.6. The molecule has 0 aliphatic carbocycles. The summed E-state index contributed by atoms with van der Waals surface area (Å²) in [6.45, 7) is 6.28. The number of nitrogens with zero attached hydrogens (tertiary/aromatic N) is 1. The summed E-state index contributed by atoms with van der Waals surface area (Å²) in [4.78, 5) is 24.2. The minimum atomic E-state index is -0.559. The number of hydrogen-bond acceptors (Lipinski definition) is 3. The van der Waals surface area contributed by atoms with Crippen LogP contribution in [0.1, 0.15) is 33.6 Å². The number of nitrogens with two attached hydrogens (primary N) is 2. The molecule has 0 unspecified atom stereocenters. The van der Waals surface area contributed by atoms with Crippen molar-refractivity contribution in [2.75, 3.05) is 13.1 Å². The van der Waals surface area contributed by atoms with Gasteiger partial charge in [-0.25, -0.2) is 0 Å². The van der Waals surface area contributed by atoms with E-state index < -0.39 is 11.9 Å². The molecule has 0 saturated heterocycles. The maximum absolute atomic E-state index is 11.9. The minimum Gasteiger partial charge on any atom is -0.368 e. The van der Waals surface area contributed by atoms with Crippen LogP contribution in [-0.2, 0) is 9.59 Å². The molecule has 0 aromatic rings. The van der Waals surface area contributed by atoms with Crippen LogP contribution in [0, 0.1) is 5.92 Å². The largest absolute Gasteiger partial charge is 0.368 e. The second-order valence-electron chi connectivity index (χ2n) is 4.35. The zero-order valence-electron chi connectivity index (χ0n) is 10.4. The zero-order valence-corrected chi connectivity index (χ0v) is 10.4. The van der Waals surface area contributed by atoms with Crippen molar-refractivity contribution in [2.24, 2.45) is 17.4 Å². The lowest BCUT2D eigenvalue weighted by atomic mass is 10.0. The van der Waals surface area contributed by atoms with Gasteiger partial charge in [0, 0.05) is 6.54 Å². The first-order valence-electron chi connectivity index (χ1n) is 5.72. The van der Waals surface area contributed by atoms with Crippen LogP contribution in [0.2, 0.25) is 0 Å². The lowest BCUT2D eigenvalue weighted by Crippen LogP contribution is -2.49. The predicted octanol–water partition coefficient (Wildman–Crippen LogP) is 0.0837. The molecule has 5 nitrogen and oxygen atoms in total. The lowest BCUT2D eigenvalue weighted by Gasteiger charge is -2.26. The van der Waals surface area contributed by atoms with Gasteiger partial charge in [0.15, 0.2) is 0 Å². The Kier molecular flexibility index (Phi) is 6.72. The Balaban J connectivity index is 4.48. The van der Waals surface area contributed by atoms with Crippen LogP contribution >= 0.6 is 0 Å². The van der Waals surface area contributed by atoms with Crippen molar-refractivity contribution in [3.05, 3.63) is 0 Å². The van der Waals surface area contributed by atoms with Crippen molar-refractivity contribution in [1.82, 2.24) is 4.90 Å². The molecule has 5 heteroatoms. The van der Waals surface area contributed by atoms with Gasteiger partial charge in [-0.1, -0.05) is 27.2 Å². The highest BCUT2D eigenvalue weighted by molar-refractivity contribution is 5.86. The van der Waals surface area contributed by atoms with Gasteiger partial charge in [-0.05, 0) is 12.3 Å². The number of rotatable bonds is 7. The maximum Gasteiger partial charge on any atom is 0.240 e. The van der Waals surface area contributed by atoms with Crippen LogP contribution in [0.4, 0.5) is 0 Å². The van der Waals surface area contributed by atoms with Crippen LogP contribution in [0.3, 0.4) is 0 Å². The van der Waals surface area contributed by atoms with Gasteiger partial charge in [0.1, 0.15) is 0 Å². The van der Waals surface area contributed by atoms with Crippen molar-refractivity contribution in [1.29, 1.82) is 0 Å². The number of amides is 2. The van der Waals surface area contributed by atoms with Crippen molar-refractivity contribution < 1.29 is 9.59 Å². The van der Waals surface area contributed by atoms with Crippen LogP contribution < -0.4 is 11.5 Å². The molecule has 0 aromatic heterocycles. The topological polar surface area (TPSA) is 89.4 Å². The molecule has 0 rings (SSSR count). The number of hydrogen-bond donors (Lipinski definition) is 2. The molecule has 16 heavy (non-hydrogen) atoms. The summed E-state index contributed by atoms with van der Waals surface area (Å²) in [5.41, 5.74) is 10.9. The smallest absolute Gasteiger partial charge is 0.240 e. The highest BCUT2D eigenvalue weighted by atomic mass is 16.2. The van der Waals surface area contributed by atoms with Gasteiger partial charge < -0.3 is 16.4 Å². The molecule has 0 aliphatic rings. The molecule has 0 bridgehead atoms. The molecular formula is C11H23N3O2. The Labute approximate surface area is 97.2 Å². The highest BCUT2D eigenvalue weighted by Crippen LogP contribution is 2.05. The Hall–Kier alpha value is -1.10. The van der Waals surface area contributed by atoms with Gasteiger partial charge in [0.05, 0.1) is 12.6 Å². The molecule has 0 radical (unpaired) electrons. The fourth-order valence-corrected chi connectivity index (χ4v) is 1.30. The van der Waals surface area contributed by atoms with Crippen molar-refractivity contribution in [2.45, 2.75) is 39.7 Å². The van der Waals surface area contributed by atoms with E-state index in [1.54, 1.807) is 0 Å². The van der Waals surface area contributed by atoms with E-state index >= 15 is 0 Å².